The van der Waals surface area contributed by atoms with Gasteiger partial charge in [-0.3, -0.25) is 0 Å². The molecule has 6 unspecified atom stereocenters. The summed E-state index contributed by atoms with van der Waals surface area (Å²) >= 11 is 0. The number of aliphatic hydroxyl groups excluding tert-OH is 6. The summed E-state index contributed by atoms with van der Waals surface area (Å²) in [6, 6.07) is 0. The van der Waals surface area contributed by atoms with Crippen LogP contribution in [0.1, 0.15) is 13.8 Å². The van der Waals surface area contributed by atoms with Gasteiger partial charge in [-0.15, -0.1) is 0 Å². The molecule has 0 saturated carbocycles. The monoisotopic (exact) mass is 310 g/mol. The summed E-state index contributed by atoms with van der Waals surface area (Å²) in [5.74, 6) is 0. The quantitative estimate of drug-likeness (QED) is 0.308. The van der Waals surface area contributed by atoms with Crippen LogP contribution in [-0.2, 0) is 14.2 Å². The molecule has 2 heterocycles. The maximum absolute atomic E-state index is 9.91. The van der Waals surface area contributed by atoms with Gasteiger partial charge >= 0.3 is 0 Å². The van der Waals surface area contributed by atoms with E-state index in [2.05, 4.69) is 0 Å². The van der Waals surface area contributed by atoms with E-state index >= 15 is 0 Å². The van der Waals surface area contributed by atoms with Gasteiger partial charge in [0, 0.05) is 0 Å². The number of rotatable bonds is 2. The Labute approximate surface area is 121 Å². The standard InChI is InChI=1S/C12H22O9/c1-3-5(13)6(14)9(17)12(20-3)21-10-4(2)19-11(18)8(16)7(10)15/h3-18H,1-2H3/t3?,4?,5-,6?,7?,8?,9?,10-,11-,12-/m1/s1. The molecule has 0 spiro atoms. The van der Waals surface area contributed by atoms with Gasteiger partial charge in [0.2, 0.25) is 0 Å². The molecule has 0 radical (unpaired) electrons. The fourth-order valence-electron chi connectivity index (χ4n) is 2.49. The molecule has 0 aromatic rings. The average Bonchev–Trinajstić information content (AvgIpc) is 2.44. The summed E-state index contributed by atoms with van der Waals surface area (Å²) < 4.78 is 15.6. The lowest BCUT2D eigenvalue weighted by Crippen LogP contribution is -2.62. The fourth-order valence-corrected chi connectivity index (χ4v) is 2.49. The molecule has 9 heteroatoms. The lowest BCUT2D eigenvalue weighted by Gasteiger charge is -2.44. The Morgan fingerprint density at radius 3 is 1.90 bits per heavy atom. The van der Waals surface area contributed by atoms with Crippen LogP contribution in [0.5, 0.6) is 0 Å². The van der Waals surface area contributed by atoms with Gasteiger partial charge in [-0.2, -0.15) is 0 Å². The normalized spacial score (nSPS) is 55.4. The van der Waals surface area contributed by atoms with Crippen LogP contribution in [0.3, 0.4) is 0 Å². The Hall–Kier alpha value is -0.360. The lowest BCUT2D eigenvalue weighted by molar-refractivity contribution is -0.348. The molecule has 2 aliphatic heterocycles. The molecular formula is C12H22O9. The van der Waals surface area contributed by atoms with Crippen LogP contribution in [0, 0.1) is 0 Å². The number of hydrogen-bond donors (Lipinski definition) is 6. The first-order chi connectivity index (χ1) is 9.73. The zero-order valence-electron chi connectivity index (χ0n) is 11.7. The van der Waals surface area contributed by atoms with Crippen molar-refractivity contribution in [1.82, 2.24) is 0 Å². The zero-order chi connectivity index (χ0) is 15.9. The van der Waals surface area contributed by atoms with Gasteiger partial charge in [-0.05, 0) is 13.8 Å². The van der Waals surface area contributed by atoms with Gasteiger partial charge in [0.1, 0.15) is 36.6 Å². The molecule has 0 aliphatic carbocycles. The third-order valence-corrected chi connectivity index (χ3v) is 3.90. The average molecular weight is 310 g/mol. The predicted octanol–water partition coefficient (Wildman–Crippen LogP) is -3.34. The van der Waals surface area contributed by atoms with Gasteiger partial charge in [0.25, 0.3) is 0 Å². The van der Waals surface area contributed by atoms with Crippen LogP contribution in [0.4, 0.5) is 0 Å². The topological polar surface area (TPSA) is 149 Å². The minimum atomic E-state index is -1.57. The van der Waals surface area contributed by atoms with Gasteiger partial charge < -0.3 is 44.8 Å². The molecule has 2 aliphatic rings. The second-order valence-corrected chi connectivity index (χ2v) is 5.50. The first kappa shape index (κ1) is 17.0. The molecule has 124 valence electrons. The highest BCUT2D eigenvalue weighted by molar-refractivity contribution is 4.91. The smallest absolute Gasteiger partial charge is 0.187 e. The largest absolute Gasteiger partial charge is 0.388 e. The van der Waals surface area contributed by atoms with E-state index in [9.17, 15) is 30.6 Å². The summed E-state index contributed by atoms with van der Waals surface area (Å²) in [7, 11) is 0. The highest BCUT2D eigenvalue weighted by Crippen LogP contribution is 2.28. The van der Waals surface area contributed by atoms with E-state index in [1.54, 1.807) is 0 Å². The maximum Gasteiger partial charge on any atom is 0.187 e. The van der Waals surface area contributed by atoms with Crippen molar-refractivity contribution in [2.75, 3.05) is 0 Å². The van der Waals surface area contributed by atoms with E-state index in [4.69, 9.17) is 14.2 Å². The van der Waals surface area contributed by atoms with Crippen LogP contribution < -0.4 is 0 Å². The van der Waals surface area contributed by atoms with Crippen molar-refractivity contribution in [2.24, 2.45) is 0 Å². The van der Waals surface area contributed by atoms with E-state index in [1.807, 2.05) is 0 Å². The molecule has 10 atom stereocenters. The summed E-state index contributed by atoms with van der Waals surface area (Å²) in [6.45, 7) is 3.00. The molecule has 2 fully saturated rings. The molecule has 0 aromatic carbocycles. The third kappa shape index (κ3) is 3.21. The number of ether oxygens (including phenoxy) is 3. The van der Waals surface area contributed by atoms with Crippen molar-refractivity contribution in [3.05, 3.63) is 0 Å². The van der Waals surface area contributed by atoms with Crippen molar-refractivity contribution >= 4 is 0 Å². The molecule has 6 N–H and O–H groups in total. The molecule has 0 amide bonds. The summed E-state index contributed by atoms with van der Waals surface area (Å²) in [5, 5.41) is 58.0. The van der Waals surface area contributed by atoms with E-state index in [0.29, 0.717) is 0 Å². The second-order valence-electron chi connectivity index (χ2n) is 5.50. The SMILES string of the molecule is CC1O[C@H](O[C@@H]2C(C)O[C@@H](O)C(O)C2O)C(O)C(O)[C@@H]1O. The molecule has 2 rings (SSSR count). The minimum absolute atomic E-state index is 0.784. The van der Waals surface area contributed by atoms with Gasteiger partial charge in [-0.1, -0.05) is 0 Å². The van der Waals surface area contributed by atoms with Crippen molar-refractivity contribution in [3.8, 4) is 0 Å². The summed E-state index contributed by atoms with van der Waals surface area (Å²) in [4.78, 5) is 0. The Kier molecular flexibility index (Phi) is 5.19. The molecule has 9 nitrogen and oxygen atoms in total. The van der Waals surface area contributed by atoms with Gasteiger partial charge in [-0.25, -0.2) is 0 Å². The van der Waals surface area contributed by atoms with Gasteiger partial charge in [0.15, 0.2) is 12.6 Å². The predicted molar refractivity (Wildman–Crippen MR) is 65.8 cm³/mol. The molecule has 21 heavy (non-hydrogen) atoms. The third-order valence-electron chi connectivity index (χ3n) is 3.90. The molecular weight excluding hydrogens is 288 g/mol. The molecule has 2 saturated heterocycles. The Morgan fingerprint density at radius 2 is 1.29 bits per heavy atom. The van der Waals surface area contributed by atoms with Crippen molar-refractivity contribution in [3.63, 3.8) is 0 Å². The minimum Gasteiger partial charge on any atom is -0.388 e. The van der Waals surface area contributed by atoms with Crippen LogP contribution in [0.25, 0.3) is 0 Å². The van der Waals surface area contributed by atoms with E-state index in [0.717, 1.165) is 0 Å². The van der Waals surface area contributed by atoms with Crippen molar-refractivity contribution in [1.29, 1.82) is 0 Å². The molecule has 0 aromatic heterocycles. The van der Waals surface area contributed by atoms with E-state index in [-0.39, 0.29) is 0 Å². The fraction of sp³-hybridized carbons (Fsp3) is 1.00. The van der Waals surface area contributed by atoms with Crippen LogP contribution in [0.15, 0.2) is 0 Å². The Morgan fingerprint density at radius 1 is 0.667 bits per heavy atom. The Balaban J connectivity index is 2.06. The highest BCUT2D eigenvalue weighted by Gasteiger charge is 2.48. The van der Waals surface area contributed by atoms with Crippen molar-refractivity contribution in [2.45, 2.75) is 75.3 Å². The van der Waals surface area contributed by atoms with Crippen LogP contribution in [-0.4, -0.2) is 92.1 Å². The first-order valence-corrected chi connectivity index (χ1v) is 6.78. The highest BCUT2D eigenvalue weighted by atomic mass is 16.7. The van der Waals surface area contributed by atoms with Gasteiger partial charge in [0.05, 0.1) is 12.2 Å². The second kappa shape index (κ2) is 6.41. The lowest BCUT2D eigenvalue weighted by atomic mass is 9.98. The van der Waals surface area contributed by atoms with Crippen LogP contribution in [0.2, 0.25) is 0 Å². The first-order valence-electron chi connectivity index (χ1n) is 6.78. The zero-order valence-corrected chi connectivity index (χ0v) is 11.7. The number of hydrogen-bond acceptors (Lipinski definition) is 9. The maximum atomic E-state index is 9.91. The number of aliphatic hydroxyl groups is 6. The summed E-state index contributed by atoms with van der Waals surface area (Å²) in [6.07, 6.45) is -12.8. The van der Waals surface area contributed by atoms with Crippen molar-refractivity contribution < 1.29 is 44.8 Å². The van der Waals surface area contributed by atoms with E-state index < -0.39 is 61.4 Å². The van der Waals surface area contributed by atoms with E-state index in [1.165, 1.54) is 13.8 Å². The Bertz CT molecular complexity index is 354. The summed E-state index contributed by atoms with van der Waals surface area (Å²) in [5.41, 5.74) is 0. The van der Waals surface area contributed by atoms with Crippen LogP contribution >= 0.6 is 0 Å². The molecule has 0 bridgehead atoms.